The van der Waals surface area contributed by atoms with Crippen LogP contribution in [0.15, 0.2) is 52.4 Å². The SMILES string of the molecule is C=C/C(Cl)=C(/c1c(C)nn(C)c1C)c1c(C)c(CCCOc2cc(C)c(Cl)c(C)c2)c2n1[C@H](C)CN(c1cc(Cl)cc3cc(C(=O)O)oc13)C2=O. The molecule has 1 aliphatic heterocycles. The predicted molar refractivity (Wildman–Crippen MR) is 203 cm³/mol. The number of ether oxygens (including phenoxy) is 1. The van der Waals surface area contributed by atoms with E-state index in [-0.39, 0.29) is 29.8 Å². The standard InChI is InChI=1S/C39H39Cl3N4O5/c1-9-29(41)33(32-23(6)43-44(8)24(32)7)35-22(5)28(11-10-12-50-27-13-19(2)34(42)20(3)14-27)36-38(47)45(18-21(4)46(35)36)30-17-26(40)15-25-16-31(39(48)49)51-37(25)30/h9,13-17,21H,1,10-12,18H2,2-8H3,(H,48,49)/b33-29+/t21-/m1/s1. The molecule has 0 saturated carbocycles. The topological polar surface area (TPSA) is 103 Å². The van der Waals surface area contributed by atoms with Crippen LogP contribution in [0.25, 0.3) is 16.5 Å². The third-order valence-corrected chi connectivity index (χ3v) is 10.8. The molecule has 51 heavy (non-hydrogen) atoms. The van der Waals surface area contributed by atoms with Crippen molar-refractivity contribution in [2.24, 2.45) is 7.05 Å². The van der Waals surface area contributed by atoms with E-state index in [1.807, 2.05) is 65.4 Å². The molecule has 0 aliphatic carbocycles. The fourth-order valence-corrected chi connectivity index (χ4v) is 7.75. The number of fused-ring (bicyclic) bond motifs is 2. The number of anilines is 1. The number of furan rings is 1. The van der Waals surface area contributed by atoms with Crippen LogP contribution in [-0.2, 0) is 13.5 Å². The molecule has 0 unspecified atom stereocenters. The number of nitrogens with zero attached hydrogens (tertiary/aromatic N) is 4. The van der Waals surface area contributed by atoms with Gasteiger partial charge in [-0.25, -0.2) is 4.79 Å². The van der Waals surface area contributed by atoms with Crippen molar-refractivity contribution in [3.8, 4) is 5.75 Å². The first kappa shape index (κ1) is 36.4. The van der Waals surface area contributed by atoms with Gasteiger partial charge in [0, 0.05) is 51.9 Å². The number of carbonyl (C=O) groups is 2. The molecule has 0 spiro atoms. The molecule has 1 amide bonds. The molecule has 0 fully saturated rings. The molecule has 2 aromatic carbocycles. The van der Waals surface area contributed by atoms with Crippen LogP contribution in [-0.4, -0.2) is 44.5 Å². The van der Waals surface area contributed by atoms with Crippen LogP contribution < -0.4 is 9.64 Å². The summed E-state index contributed by atoms with van der Waals surface area (Å²) in [5.74, 6) is -0.993. The van der Waals surface area contributed by atoms with E-state index in [9.17, 15) is 14.7 Å². The maximum Gasteiger partial charge on any atom is 0.371 e. The Kier molecular flexibility index (Phi) is 9.94. The zero-order valence-electron chi connectivity index (χ0n) is 29.6. The van der Waals surface area contributed by atoms with E-state index in [4.69, 9.17) is 44.0 Å². The Morgan fingerprint density at radius 1 is 1.12 bits per heavy atom. The summed E-state index contributed by atoms with van der Waals surface area (Å²) in [4.78, 5) is 28.4. The van der Waals surface area contributed by atoms with Gasteiger partial charge in [0.1, 0.15) is 11.4 Å². The Hall–Kier alpha value is -4.44. The fourth-order valence-electron chi connectivity index (χ4n) is 7.23. The normalized spacial score (nSPS) is 15.0. The summed E-state index contributed by atoms with van der Waals surface area (Å²) in [6.45, 7) is 16.6. The Morgan fingerprint density at radius 2 is 1.80 bits per heavy atom. The van der Waals surface area contributed by atoms with Gasteiger partial charge in [-0.1, -0.05) is 47.5 Å². The molecule has 6 rings (SSSR count). The fraction of sp³-hybridized carbons (Fsp3) is 0.308. The number of carbonyl (C=O) groups excluding carboxylic acids is 1. The molecule has 1 N–H and O–H groups in total. The minimum atomic E-state index is -1.21. The maximum atomic E-state index is 14.9. The van der Waals surface area contributed by atoms with Crippen LogP contribution >= 0.6 is 34.8 Å². The van der Waals surface area contributed by atoms with Crippen molar-refractivity contribution in [1.82, 2.24) is 14.3 Å². The number of benzene rings is 2. The van der Waals surface area contributed by atoms with Crippen LogP contribution in [0.1, 0.15) is 85.3 Å². The molecule has 0 bridgehead atoms. The van der Waals surface area contributed by atoms with Crippen molar-refractivity contribution in [1.29, 1.82) is 0 Å². The van der Waals surface area contributed by atoms with Crippen molar-refractivity contribution < 1.29 is 23.8 Å². The molecular weight excluding hydrogens is 711 g/mol. The highest BCUT2D eigenvalue weighted by Crippen LogP contribution is 2.44. The molecule has 3 aromatic heterocycles. The van der Waals surface area contributed by atoms with Gasteiger partial charge in [-0.2, -0.15) is 5.10 Å². The molecule has 0 radical (unpaired) electrons. The van der Waals surface area contributed by atoms with E-state index in [1.165, 1.54) is 6.07 Å². The first-order chi connectivity index (χ1) is 24.1. The van der Waals surface area contributed by atoms with Gasteiger partial charge in [0.2, 0.25) is 5.76 Å². The minimum absolute atomic E-state index is 0.240. The number of halogens is 3. The molecule has 9 nitrogen and oxygen atoms in total. The molecule has 0 saturated heterocycles. The number of carboxylic acids is 1. The van der Waals surface area contributed by atoms with Gasteiger partial charge in [0.25, 0.3) is 5.91 Å². The van der Waals surface area contributed by atoms with Crippen molar-refractivity contribution in [3.05, 3.63) is 114 Å². The van der Waals surface area contributed by atoms with E-state index in [1.54, 1.807) is 23.1 Å². The average Bonchev–Trinajstić information content (AvgIpc) is 3.71. The number of hydrogen-bond acceptors (Lipinski definition) is 5. The number of allylic oxidation sites excluding steroid dienone is 2. The van der Waals surface area contributed by atoms with E-state index in [2.05, 4.69) is 16.2 Å². The number of aromatic carboxylic acids is 1. The number of amides is 1. The van der Waals surface area contributed by atoms with Crippen LogP contribution in [0.2, 0.25) is 10.0 Å². The second kappa shape index (κ2) is 13.9. The highest BCUT2D eigenvalue weighted by Gasteiger charge is 2.39. The average molecular weight is 750 g/mol. The summed E-state index contributed by atoms with van der Waals surface area (Å²) in [6.07, 6.45) is 2.76. The Bertz CT molecular complexity index is 2270. The molecule has 12 heteroatoms. The first-order valence-corrected chi connectivity index (χ1v) is 17.7. The van der Waals surface area contributed by atoms with E-state index >= 15 is 0 Å². The lowest BCUT2D eigenvalue weighted by atomic mass is 9.95. The summed E-state index contributed by atoms with van der Waals surface area (Å²) >= 11 is 20.0. The third-order valence-electron chi connectivity index (χ3n) is 9.64. The molecule has 1 aliphatic rings. The monoisotopic (exact) mass is 748 g/mol. The lowest BCUT2D eigenvalue weighted by Gasteiger charge is -2.35. The van der Waals surface area contributed by atoms with Crippen LogP contribution in [0.4, 0.5) is 5.69 Å². The Morgan fingerprint density at radius 3 is 2.41 bits per heavy atom. The third kappa shape index (κ3) is 6.36. The van der Waals surface area contributed by atoms with Gasteiger partial charge in [-0.3, -0.25) is 9.48 Å². The first-order valence-electron chi connectivity index (χ1n) is 16.6. The summed E-state index contributed by atoms with van der Waals surface area (Å²) in [5, 5.41) is 16.3. The summed E-state index contributed by atoms with van der Waals surface area (Å²) in [7, 11) is 1.89. The number of rotatable bonds is 10. The van der Waals surface area contributed by atoms with Gasteiger partial charge in [-0.05, 0) is 107 Å². The lowest BCUT2D eigenvalue weighted by Crippen LogP contribution is -2.43. The minimum Gasteiger partial charge on any atom is -0.494 e. The van der Waals surface area contributed by atoms with Gasteiger partial charge < -0.3 is 23.7 Å². The van der Waals surface area contributed by atoms with Gasteiger partial charge in [0.15, 0.2) is 5.58 Å². The molecule has 5 aromatic rings. The quantitative estimate of drug-likeness (QED) is 0.113. The zero-order chi connectivity index (χ0) is 37.0. The van der Waals surface area contributed by atoms with Crippen molar-refractivity contribution in [3.63, 3.8) is 0 Å². The molecular formula is C39H39Cl3N4O5. The smallest absolute Gasteiger partial charge is 0.371 e. The summed E-state index contributed by atoms with van der Waals surface area (Å²) in [5.41, 5.74) is 8.98. The van der Waals surface area contributed by atoms with Crippen molar-refractivity contribution in [2.45, 2.75) is 60.4 Å². The van der Waals surface area contributed by atoms with E-state index in [0.717, 1.165) is 61.2 Å². The van der Waals surface area contributed by atoms with E-state index < -0.39 is 5.97 Å². The lowest BCUT2D eigenvalue weighted by molar-refractivity contribution is 0.0665. The highest BCUT2D eigenvalue weighted by molar-refractivity contribution is 6.35. The molecule has 1 atom stereocenters. The summed E-state index contributed by atoms with van der Waals surface area (Å²) in [6, 6.07) is 8.28. The zero-order valence-corrected chi connectivity index (χ0v) is 31.8. The number of aryl methyl sites for hydroxylation is 4. The predicted octanol–water partition coefficient (Wildman–Crippen LogP) is 9.93. The van der Waals surface area contributed by atoms with E-state index in [0.29, 0.717) is 46.3 Å². The maximum absolute atomic E-state index is 14.9. The Balaban J connectivity index is 1.50. The van der Waals surface area contributed by atoms with Crippen molar-refractivity contribution >= 4 is 68.9 Å². The summed E-state index contributed by atoms with van der Waals surface area (Å²) < 4.78 is 15.9. The molecule has 4 heterocycles. The number of hydrogen-bond donors (Lipinski definition) is 1. The number of carboxylic acid groups (broad SMARTS) is 1. The van der Waals surface area contributed by atoms with Crippen LogP contribution in [0.3, 0.4) is 0 Å². The second-order valence-electron chi connectivity index (χ2n) is 13.1. The van der Waals surface area contributed by atoms with Crippen molar-refractivity contribution in [2.75, 3.05) is 18.1 Å². The highest BCUT2D eigenvalue weighted by atomic mass is 35.5. The van der Waals surface area contributed by atoms with Gasteiger partial charge >= 0.3 is 5.97 Å². The molecule has 266 valence electrons. The van der Waals surface area contributed by atoms with Gasteiger partial charge in [-0.15, -0.1) is 0 Å². The van der Waals surface area contributed by atoms with Crippen LogP contribution in [0, 0.1) is 34.6 Å². The second-order valence-corrected chi connectivity index (χ2v) is 14.3. The van der Waals surface area contributed by atoms with Gasteiger partial charge in [0.05, 0.1) is 28.7 Å². The largest absolute Gasteiger partial charge is 0.494 e. The Labute approximate surface area is 311 Å². The van der Waals surface area contributed by atoms with Crippen LogP contribution in [0.5, 0.6) is 5.75 Å². The number of aromatic nitrogens is 3.